The average Bonchev–Trinajstić information content (AvgIpc) is 2.74. The van der Waals surface area contributed by atoms with E-state index in [0.717, 1.165) is 6.54 Å². The first-order valence-electron chi connectivity index (χ1n) is 6.04. The van der Waals surface area contributed by atoms with E-state index in [0.29, 0.717) is 6.04 Å². The Morgan fingerprint density at radius 3 is 2.29 bits per heavy atom. The van der Waals surface area contributed by atoms with Gasteiger partial charge in [-0.15, -0.1) is 11.3 Å². The molecule has 1 N–H and O–H groups in total. The van der Waals surface area contributed by atoms with E-state index < -0.39 is 0 Å². The minimum atomic E-state index is 0.537. The Morgan fingerprint density at radius 1 is 1.06 bits per heavy atom. The molecule has 0 aliphatic rings. The Labute approximate surface area is 108 Å². The van der Waals surface area contributed by atoms with Gasteiger partial charge in [-0.1, -0.05) is 38.1 Å². The fourth-order valence-corrected chi connectivity index (χ4v) is 2.57. The zero-order chi connectivity index (χ0) is 12.3. The summed E-state index contributed by atoms with van der Waals surface area (Å²) in [6.07, 6.45) is 0. The standard InChI is InChI=1S/C15H19NS/c1-11(2)16-10-13-5-7-14(8-6-13)15-9-4-12(3)17-15/h4-9,11,16H,10H2,1-3H3. The molecule has 17 heavy (non-hydrogen) atoms. The summed E-state index contributed by atoms with van der Waals surface area (Å²) < 4.78 is 0. The predicted molar refractivity (Wildman–Crippen MR) is 76.5 cm³/mol. The van der Waals surface area contributed by atoms with Crippen LogP contribution in [-0.2, 0) is 6.54 Å². The maximum absolute atomic E-state index is 3.43. The summed E-state index contributed by atoms with van der Waals surface area (Å²) in [5.41, 5.74) is 2.66. The summed E-state index contributed by atoms with van der Waals surface area (Å²) in [6, 6.07) is 13.7. The molecule has 2 aromatic rings. The molecular formula is C15H19NS. The van der Waals surface area contributed by atoms with E-state index in [9.17, 15) is 0 Å². The van der Waals surface area contributed by atoms with Crippen molar-refractivity contribution in [3.05, 3.63) is 46.8 Å². The molecule has 0 radical (unpaired) electrons. The van der Waals surface area contributed by atoms with Gasteiger partial charge < -0.3 is 5.32 Å². The normalized spacial score (nSPS) is 11.1. The van der Waals surface area contributed by atoms with Crippen LogP contribution in [0.1, 0.15) is 24.3 Å². The van der Waals surface area contributed by atoms with Crippen molar-refractivity contribution in [2.45, 2.75) is 33.4 Å². The number of hydrogen-bond acceptors (Lipinski definition) is 2. The lowest BCUT2D eigenvalue weighted by molar-refractivity contribution is 0.589. The van der Waals surface area contributed by atoms with Crippen LogP contribution >= 0.6 is 11.3 Å². The fourth-order valence-electron chi connectivity index (χ4n) is 1.70. The van der Waals surface area contributed by atoms with Crippen LogP contribution in [0.4, 0.5) is 0 Å². The van der Waals surface area contributed by atoms with Gasteiger partial charge >= 0.3 is 0 Å². The van der Waals surface area contributed by atoms with Crippen LogP contribution in [0.5, 0.6) is 0 Å². The van der Waals surface area contributed by atoms with Crippen molar-refractivity contribution in [1.29, 1.82) is 0 Å². The van der Waals surface area contributed by atoms with Crippen LogP contribution < -0.4 is 5.32 Å². The Morgan fingerprint density at radius 2 is 1.76 bits per heavy atom. The first kappa shape index (κ1) is 12.3. The van der Waals surface area contributed by atoms with Crippen molar-refractivity contribution < 1.29 is 0 Å². The van der Waals surface area contributed by atoms with Crippen LogP contribution in [-0.4, -0.2) is 6.04 Å². The van der Waals surface area contributed by atoms with Gasteiger partial charge in [0.05, 0.1) is 0 Å². The number of rotatable bonds is 4. The first-order chi connectivity index (χ1) is 8.15. The molecule has 0 spiro atoms. The molecule has 1 heterocycles. The van der Waals surface area contributed by atoms with E-state index in [1.807, 2.05) is 11.3 Å². The molecule has 0 saturated carbocycles. The smallest absolute Gasteiger partial charge is 0.0345 e. The maximum atomic E-state index is 3.43. The van der Waals surface area contributed by atoms with Gasteiger partial charge in [0.1, 0.15) is 0 Å². The second-order valence-corrected chi connectivity index (χ2v) is 5.93. The molecular weight excluding hydrogens is 226 g/mol. The zero-order valence-corrected chi connectivity index (χ0v) is 11.5. The zero-order valence-electron chi connectivity index (χ0n) is 10.7. The van der Waals surface area contributed by atoms with E-state index in [-0.39, 0.29) is 0 Å². The number of benzene rings is 1. The van der Waals surface area contributed by atoms with Crippen molar-refractivity contribution in [3.63, 3.8) is 0 Å². The third-order valence-electron chi connectivity index (χ3n) is 2.69. The molecule has 1 nitrogen and oxygen atoms in total. The van der Waals surface area contributed by atoms with Crippen molar-refractivity contribution in [2.75, 3.05) is 0 Å². The topological polar surface area (TPSA) is 12.0 Å². The summed E-state index contributed by atoms with van der Waals surface area (Å²) in [7, 11) is 0. The lowest BCUT2D eigenvalue weighted by Crippen LogP contribution is -2.21. The van der Waals surface area contributed by atoms with Gasteiger partial charge in [-0.2, -0.15) is 0 Å². The minimum Gasteiger partial charge on any atom is -0.310 e. The molecule has 0 aliphatic carbocycles. The van der Waals surface area contributed by atoms with Crippen molar-refractivity contribution in [1.82, 2.24) is 5.32 Å². The lowest BCUT2D eigenvalue weighted by atomic mass is 10.1. The third-order valence-corrected chi connectivity index (χ3v) is 3.74. The van der Waals surface area contributed by atoms with E-state index in [4.69, 9.17) is 0 Å². The molecule has 90 valence electrons. The lowest BCUT2D eigenvalue weighted by Gasteiger charge is -2.08. The minimum absolute atomic E-state index is 0.537. The molecule has 1 aromatic heterocycles. The molecule has 0 atom stereocenters. The Balaban J connectivity index is 2.07. The van der Waals surface area contributed by atoms with E-state index in [1.165, 1.54) is 20.9 Å². The number of aryl methyl sites for hydroxylation is 1. The highest BCUT2D eigenvalue weighted by Crippen LogP contribution is 2.27. The van der Waals surface area contributed by atoms with Gasteiger partial charge in [0, 0.05) is 22.3 Å². The summed E-state index contributed by atoms with van der Waals surface area (Å²) in [5.74, 6) is 0. The predicted octanol–water partition coefficient (Wildman–Crippen LogP) is 4.22. The average molecular weight is 245 g/mol. The highest BCUT2D eigenvalue weighted by atomic mass is 32.1. The molecule has 0 bridgehead atoms. The Kier molecular flexibility index (Phi) is 3.97. The Bertz CT molecular complexity index is 468. The van der Waals surface area contributed by atoms with Gasteiger partial charge in [-0.05, 0) is 30.2 Å². The summed E-state index contributed by atoms with van der Waals surface area (Å²) >= 11 is 1.85. The maximum Gasteiger partial charge on any atom is 0.0345 e. The highest BCUT2D eigenvalue weighted by Gasteiger charge is 2.01. The van der Waals surface area contributed by atoms with E-state index >= 15 is 0 Å². The van der Waals surface area contributed by atoms with Crippen LogP contribution in [0.3, 0.4) is 0 Å². The molecule has 0 fully saturated rings. The van der Waals surface area contributed by atoms with Crippen LogP contribution in [0.15, 0.2) is 36.4 Å². The molecule has 0 aliphatic heterocycles. The SMILES string of the molecule is Cc1ccc(-c2ccc(CNC(C)C)cc2)s1. The molecule has 0 unspecified atom stereocenters. The van der Waals surface area contributed by atoms with Crippen LogP contribution in [0.25, 0.3) is 10.4 Å². The number of thiophene rings is 1. The number of hydrogen-bond donors (Lipinski definition) is 1. The van der Waals surface area contributed by atoms with Crippen molar-refractivity contribution in [3.8, 4) is 10.4 Å². The quantitative estimate of drug-likeness (QED) is 0.850. The van der Waals surface area contributed by atoms with Gasteiger partial charge in [0.15, 0.2) is 0 Å². The summed E-state index contributed by atoms with van der Waals surface area (Å²) in [5, 5.41) is 3.43. The first-order valence-corrected chi connectivity index (χ1v) is 6.86. The number of nitrogens with one attached hydrogen (secondary N) is 1. The van der Waals surface area contributed by atoms with Crippen molar-refractivity contribution in [2.24, 2.45) is 0 Å². The molecule has 0 amide bonds. The van der Waals surface area contributed by atoms with Crippen LogP contribution in [0.2, 0.25) is 0 Å². The van der Waals surface area contributed by atoms with Crippen molar-refractivity contribution >= 4 is 11.3 Å². The second kappa shape index (κ2) is 5.48. The molecule has 1 aromatic carbocycles. The Hall–Kier alpha value is -1.12. The van der Waals surface area contributed by atoms with Gasteiger partial charge in [-0.25, -0.2) is 0 Å². The molecule has 0 saturated heterocycles. The summed E-state index contributed by atoms with van der Waals surface area (Å²) in [6.45, 7) is 7.43. The second-order valence-electron chi connectivity index (χ2n) is 4.64. The van der Waals surface area contributed by atoms with E-state index in [1.54, 1.807) is 0 Å². The van der Waals surface area contributed by atoms with Gasteiger partial charge in [0.2, 0.25) is 0 Å². The monoisotopic (exact) mass is 245 g/mol. The van der Waals surface area contributed by atoms with Gasteiger partial charge in [0.25, 0.3) is 0 Å². The van der Waals surface area contributed by atoms with E-state index in [2.05, 4.69) is 62.5 Å². The molecule has 2 heteroatoms. The molecule has 2 rings (SSSR count). The van der Waals surface area contributed by atoms with Gasteiger partial charge in [-0.3, -0.25) is 0 Å². The summed E-state index contributed by atoms with van der Waals surface area (Å²) in [4.78, 5) is 2.72. The highest BCUT2D eigenvalue weighted by molar-refractivity contribution is 7.15. The fraction of sp³-hybridized carbons (Fsp3) is 0.333. The van der Waals surface area contributed by atoms with Crippen LogP contribution in [0, 0.1) is 6.92 Å². The largest absolute Gasteiger partial charge is 0.310 e. The third kappa shape index (κ3) is 3.42.